The first-order chi connectivity index (χ1) is 7.70. The Labute approximate surface area is 95.3 Å². The Hall–Kier alpha value is -1.76. The molecule has 1 nitrogen and oxygen atoms in total. The van der Waals surface area contributed by atoms with Crippen LogP contribution in [-0.4, -0.2) is 4.40 Å². The molecule has 16 heavy (non-hydrogen) atoms. The van der Waals surface area contributed by atoms with E-state index in [1.165, 1.54) is 33.1 Å². The maximum Gasteiger partial charge on any atom is 0.0563 e. The zero-order valence-electron chi connectivity index (χ0n) is 9.91. The summed E-state index contributed by atoms with van der Waals surface area (Å²) in [5, 5.41) is 2.66. The first-order valence-corrected chi connectivity index (χ1v) is 5.65. The largest absolute Gasteiger partial charge is 0.320 e. The van der Waals surface area contributed by atoms with Crippen LogP contribution in [0.2, 0.25) is 0 Å². The van der Waals surface area contributed by atoms with Crippen LogP contribution >= 0.6 is 0 Å². The minimum Gasteiger partial charge on any atom is -0.320 e. The molecule has 0 aliphatic rings. The molecule has 0 unspecified atom stereocenters. The Morgan fingerprint density at radius 1 is 0.875 bits per heavy atom. The number of aromatic nitrogens is 1. The summed E-state index contributed by atoms with van der Waals surface area (Å²) in [6.45, 7) is 6.60. The van der Waals surface area contributed by atoms with Gasteiger partial charge in [0, 0.05) is 17.3 Å². The Bertz CT molecular complexity index is 689. The molecule has 2 heterocycles. The van der Waals surface area contributed by atoms with Crippen LogP contribution in [0, 0.1) is 20.8 Å². The average molecular weight is 209 g/mol. The van der Waals surface area contributed by atoms with Crippen molar-refractivity contribution in [3.05, 3.63) is 53.3 Å². The number of pyridine rings is 1. The van der Waals surface area contributed by atoms with Gasteiger partial charge in [-0.3, -0.25) is 0 Å². The van der Waals surface area contributed by atoms with Gasteiger partial charge in [0.1, 0.15) is 0 Å². The Kier molecular flexibility index (Phi) is 1.84. The lowest BCUT2D eigenvalue weighted by Crippen LogP contribution is -1.87. The number of hydrogen-bond acceptors (Lipinski definition) is 0. The minimum absolute atomic E-state index is 1.32. The second-order valence-electron chi connectivity index (χ2n) is 4.46. The molecule has 0 saturated carbocycles. The molecule has 0 spiro atoms. The summed E-state index contributed by atoms with van der Waals surface area (Å²) in [4.78, 5) is 0. The summed E-state index contributed by atoms with van der Waals surface area (Å²) in [6.07, 6.45) is 2.17. The molecule has 0 radical (unpaired) electrons. The molecular weight excluding hydrogens is 194 g/mol. The quantitative estimate of drug-likeness (QED) is 0.527. The van der Waals surface area contributed by atoms with Crippen molar-refractivity contribution in [3.63, 3.8) is 0 Å². The molecule has 0 aliphatic carbocycles. The summed E-state index contributed by atoms with van der Waals surface area (Å²) in [5.41, 5.74) is 5.50. The van der Waals surface area contributed by atoms with E-state index in [-0.39, 0.29) is 0 Å². The van der Waals surface area contributed by atoms with Gasteiger partial charge in [-0.1, -0.05) is 24.3 Å². The second-order valence-corrected chi connectivity index (χ2v) is 4.46. The summed E-state index contributed by atoms with van der Waals surface area (Å²) in [5.74, 6) is 0. The van der Waals surface area contributed by atoms with Crippen LogP contribution in [0.4, 0.5) is 0 Å². The first kappa shape index (κ1) is 9.46. The van der Waals surface area contributed by atoms with Crippen molar-refractivity contribution in [2.45, 2.75) is 20.8 Å². The Morgan fingerprint density at radius 3 is 2.44 bits per heavy atom. The summed E-state index contributed by atoms with van der Waals surface area (Å²) >= 11 is 0. The van der Waals surface area contributed by atoms with Gasteiger partial charge in [0.05, 0.1) is 5.52 Å². The van der Waals surface area contributed by atoms with E-state index < -0.39 is 0 Å². The van der Waals surface area contributed by atoms with Gasteiger partial charge in [0.2, 0.25) is 0 Å². The van der Waals surface area contributed by atoms with Gasteiger partial charge in [-0.2, -0.15) is 0 Å². The van der Waals surface area contributed by atoms with Gasteiger partial charge in [-0.25, -0.2) is 0 Å². The zero-order chi connectivity index (χ0) is 11.3. The third kappa shape index (κ3) is 1.06. The van der Waals surface area contributed by atoms with Crippen LogP contribution in [0.15, 0.2) is 36.5 Å². The highest BCUT2D eigenvalue weighted by molar-refractivity contribution is 5.98. The SMILES string of the molecule is Cc1c(C)c2c3ccccc3ccn2c1C. The molecule has 0 N–H and O–H groups in total. The molecule has 3 aromatic rings. The fourth-order valence-corrected chi connectivity index (χ4v) is 2.51. The van der Waals surface area contributed by atoms with E-state index in [1.54, 1.807) is 0 Å². The van der Waals surface area contributed by atoms with Gasteiger partial charge < -0.3 is 4.40 Å². The van der Waals surface area contributed by atoms with Crippen molar-refractivity contribution in [2.75, 3.05) is 0 Å². The number of nitrogens with zero attached hydrogens (tertiary/aromatic N) is 1. The Balaban J connectivity index is 2.65. The molecule has 80 valence electrons. The molecule has 0 bridgehead atoms. The van der Waals surface area contributed by atoms with E-state index in [2.05, 4.69) is 61.7 Å². The molecular formula is C15H15N. The maximum atomic E-state index is 2.30. The van der Waals surface area contributed by atoms with Gasteiger partial charge >= 0.3 is 0 Å². The maximum absolute atomic E-state index is 2.30. The fraction of sp³-hybridized carbons (Fsp3) is 0.200. The summed E-state index contributed by atoms with van der Waals surface area (Å²) in [6, 6.07) is 10.8. The van der Waals surface area contributed by atoms with Crippen molar-refractivity contribution in [1.29, 1.82) is 0 Å². The van der Waals surface area contributed by atoms with Crippen molar-refractivity contribution in [2.24, 2.45) is 0 Å². The van der Waals surface area contributed by atoms with E-state index in [1.807, 2.05) is 0 Å². The molecule has 0 atom stereocenters. The number of hydrogen-bond donors (Lipinski definition) is 0. The molecule has 1 heteroatoms. The minimum atomic E-state index is 1.32. The van der Waals surface area contributed by atoms with Crippen molar-refractivity contribution >= 4 is 16.3 Å². The Morgan fingerprint density at radius 2 is 1.62 bits per heavy atom. The highest BCUT2D eigenvalue weighted by atomic mass is 14.9. The van der Waals surface area contributed by atoms with E-state index in [4.69, 9.17) is 0 Å². The normalized spacial score (nSPS) is 11.4. The van der Waals surface area contributed by atoms with E-state index in [0.29, 0.717) is 0 Å². The zero-order valence-corrected chi connectivity index (χ0v) is 9.91. The van der Waals surface area contributed by atoms with Gasteiger partial charge in [-0.15, -0.1) is 0 Å². The van der Waals surface area contributed by atoms with E-state index in [9.17, 15) is 0 Å². The number of rotatable bonds is 0. The summed E-state index contributed by atoms with van der Waals surface area (Å²) < 4.78 is 2.30. The van der Waals surface area contributed by atoms with Crippen LogP contribution in [0.1, 0.15) is 16.8 Å². The smallest absolute Gasteiger partial charge is 0.0563 e. The van der Waals surface area contributed by atoms with Gasteiger partial charge in [0.15, 0.2) is 0 Å². The third-order valence-corrected chi connectivity index (χ3v) is 3.68. The van der Waals surface area contributed by atoms with Gasteiger partial charge in [0.25, 0.3) is 0 Å². The third-order valence-electron chi connectivity index (χ3n) is 3.68. The van der Waals surface area contributed by atoms with Crippen LogP contribution in [-0.2, 0) is 0 Å². The standard InChI is InChI=1S/C15H15N/c1-10-11(2)15-14-7-5-4-6-13(14)8-9-16(15)12(10)3/h4-9H,1-3H3. The summed E-state index contributed by atoms with van der Waals surface area (Å²) in [7, 11) is 0. The number of aryl methyl sites for hydroxylation is 2. The predicted molar refractivity (Wildman–Crippen MR) is 69.1 cm³/mol. The molecule has 1 aromatic carbocycles. The van der Waals surface area contributed by atoms with Gasteiger partial charge in [-0.05, 0) is 43.4 Å². The predicted octanol–water partition coefficient (Wildman–Crippen LogP) is 4.02. The topological polar surface area (TPSA) is 4.41 Å². The van der Waals surface area contributed by atoms with Crippen molar-refractivity contribution < 1.29 is 0 Å². The van der Waals surface area contributed by atoms with E-state index >= 15 is 0 Å². The van der Waals surface area contributed by atoms with Crippen LogP contribution in [0.3, 0.4) is 0 Å². The highest BCUT2D eigenvalue weighted by Gasteiger charge is 2.10. The molecule has 3 rings (SSSR count). The lowest BCUT2D eigenvalue weighted by Gasteiger charge is -2.03. The van der Waals surface area contributed by atoms with E-state index in [0.717, 1.165) is 0 Å². The fourth-order valence-electron chi connectivity index (χ4n) is 2.51. The lowest BCUT2D eigenvalue weighted by molar-refractivity contribution is 1.10. The second kappa shape index (κ2) is 3.11. The molecule has 0 fully saturated rings. The molecule has 0 amide bonds. The van der Waals surface area contributed by atoms with Crippen LogP contribution in [0.5, 0.6) is 0 Å². The number of fused-ring (bicyclic) bond motifs is 3. The molecule has 2 aromatic heterocycles. The van der Waals surface area contributed by atoms with Crippen molar-refractivity contribution in [3.8, 4) is 0 Å². The van der Waals surface area contributed by atoms with Crippen LogP contribution < -0.4 is 0 Å². The number of benzene rings is 1. The average Bonchev–Trinajstić information content (AvgIpc) is 2.55. The molecule has 0 saturated heterocycles. The lowest BCUT2D eigenvalue weighted by atomic mass is 10.1. The highest BCUT2D eigenvalue weighted by Crippen LogP contribution is 2.28. The monoisotopic (exact) mass is 209 g/mol. The first-order valence-electron chi connectivity index (χ1n) is 5.65. The van der Waals surface area contributed by atoms with Crippen LogP contribution in [0.25, 0.3) is 16.3 Å². The molecule has 0 aliphatic heterocycles. The van der Waals surface area contributed by atoms with Crippen molar-refractivity contribution in [1.82, 2.24) is 4.40 Å².